The number of hydrogen-bond acceptors (Lipinski definition) is 5. The lowest BCUT2D eigenvalue weighted by atomic mass is 10.2. The molecule has 0 unspecified atom stereocenters. The molecule has 0 bridgehead atoms. The Morgan fingerprint density at radius 1 is 1.12 bits per heavy atom. The number of carboxylic acids is 1. The molecule has 0 saturated heterocycles. The third kappa shape index (κ3) is 5.26. The minimum atomic E-state index is -1.18. The van der Waals surface area contributed by atoms with E-state index in [0.29, 0.717) is 0 Å². The fourth-order valence-electron chi connectivity index (χ4n) is 0.897. The van der Waals surface area contributed by atoms with Crippen LogP contribution in [-0.2, 0) is 14.4 Å². The summed E-state index contributed by atoms with van der Waals surface area (Å²) in [6.45, 7) is 1.26. The van der Waals surface area contributed by atoms with Gasteiger partial charge in [-0.05, 0) is 0 Å². The van der Waals surface area contributed by atoms with Crippen molar-refractivity contribution in [2.75, 3.05) is 11.5 Å². The molecule has 8 heteroatoms. The van der Waals surface area contributed by atoms with Crippen LogP contribution in [0.25, 0.3) is 0 Å². The molecule has 3 N–H and O–H groups in total. The molecule has 0 aromatic rings. The highest BCUT2D eigenvalue weighted by atomic mass is 32.1. The van der Waals surface area contributed by atoms with E-state index < -0.39 is 24.0 Å². The third-order valence-corrected chi connectivity index (χ3v) is 2.40. The molecule has 0 spiro atoms. The molecule has 2 amide bonds. The Morgan fingerprint density at radius 3 is 1.94 bits per heavy atom. The van der Waals surface area contributed by atoms with Crippen molar-refractivity contribution in [3.63, 3.8) is 0 Å². The molecule has 92 valence electrons. The number of carbonyl (C=O) groups is 3. The summed E-state index contributed by atoms with van der Waals surface area (Å²) in [5.41, 5.74) is 0. The number of carboxylic acid groups (broad SMARTS) is 1. The Kier molecular flexibility index (Phi) is 6.98. The lowest BCUT2D eigenvalue weighted by Gasteiger charge is -2.18. The van der Waals surface area contributed by atoms with Crippen molar-refractivity contribution in [2.24, 2.45) is 0 Å². The van der Waals surface area contributed by atoms with E-state index in [9.17, 15) is 14.4 Å². The zero-order valence-electron chi connectivity index (χ0n) is 8.64. The van der Waals surface area contributed by atoms with Crippen LogP contribution >= 0.6 is 25.3 Å². The van der Waals surface area contributed by atoms with Crippen LogP contribution in [0, 0.1) is 0 Å². The van der Waals surface area contributed by atoms with E-state index in [4.69, 9.17) is 5.11 Å². The first kappa shape index (κ1) is 15.1. The molecule has 0 aliphatic rings. The predicted molar refractivity (Wildman–Crippen MR) is 64.9 cm³/mol. The summed E-state index contributed by atoms with van der Waals surface area (Å²) in [4.78, 5) is 32.9. The van der Waals surface area contributed by atoms with Crippen LogP contribution in [0.3, 0.4) is 0 Å². The zero-order chi connectivity index (χ0) is 12.7. The molecular formula is C8H14N2O4S2. The number of aliphatic carboxylic acids is 1. The van der Waals surface area contributed by atoms with E-state index in [1.165, 1.54) is 6.92 Å². The van der Waals surface area contributed by atoms with Crippen molar-refractivity contribution in [3.05, 3.63) is 0 Å². The molecule has 0 rings (SSSR count). The van der Waals surface area contributed by atoms with Gasteiger partial charge in [0.2, 0.25) is 11.8 Å². The number of thiol groups is 2. The monoisotopic (exact) mass is 266 g/mol. The van der Waals surface area contributed by atoms with Crippen LogP contribution in [-0.4, -0.2) is 46.5 Å². The van der Waals surface area contributed by atoms with Gasteiger partial charge in [0.05, 0.1) is 0 Å². The van der Waals surface area contributed by atoms with Crippen molar-refractivity contribution >= 4 is 43.0 Å². The number of hydrogen-bond donors (Lipinski definition) is 5. The highest BCUT2D eigenvalue weighted by molar-refractivity contribution is 7.80. The van der Waals surface area contributed by atoms with Crippen LogP contribution in [0.5, 0.6) is 0 Å². The molecule has 0 saturated carbocycles. The summed E-state index contributed by atoms with van der Waals surface area (Å²) in [5, 5.41) is 13.3. The van der Waals surface area contributed by atoms with Crippen molar-refractivity contribution in [1.82, 2.24) is 10.6 Å². The van der Waals surface area contributed by atoms with E-state index in [2.05, 4.69) is 35.9 Å². The quantitative estimate of drug-likeness (QED) is 0.395. The molecule has 2 atom stereocenters. The van der Waals surface area contributed by atoms with E-state index in [0.717, 1.165) is 0 Å². The molecule has 0 aliphatic carbocycles. The maximum Gasteiger partial charge on any atom is 0.327 e. The maximum absolute atomic E-state index is 11.5. The summed E-state index contributed by atoms with van der Waals surface area (Å²) in [5.74, 6) is -2.09. The van der Waals surface area contributed by atoms with Gasteiger partial charge < -0.3 is 15.7 Å². The van der Waals surface area contributed by atoms with E-state index >= 15 is 0 Å². The van der Waals surface area contributed by atoms with Gasteiger partial charge in [0, 0.05) is 18.4 Å². The SMILES string of the molecule is CC(=O)N[C@@H](CS)C(=O)N[C@H](CS)C(=O)O. The van der Waals surface area contributed by atoms with Crippen molar-refractivity contribution in [1.29, 1.82) is 0 Å². The lowest BCUT2D eigenvalue weighted by Crippen LogP contribution is -2.52. The standard InChI is InChI=1S/C8H14N2O4S2/c1-4(11)9-5(2-15)7(12)10-6(3-16)8(13)14/h5-6,15-16H,2-3H2,1H3,(H,9,11)(H,10,12)(H,13,14)/t5-,6+/m0/s1. The molecule has 0 fully saturated rings. The highest BCUT2D eigenvalue weighted by Gasteiger charge is 2.23. The smallest absolute Gasteiger partial charge is 0.327 e. The average molecular weight is 266 g/mol. The third-order valence-electron chi connectivity index (χ3n) is 1.67. The lowest BCUT2D eigenvalue weighted by molar-refractivity contribution is -0.141. The molecule has 0 aliphatic heterocycles. The minimum Gasteiger partial charge on any atom is -0.480 e. The normalized spacial score (nSPS) is 13.7. The van der Waals surface area contributed by atoms with Crippen LogP contribution < -0.4 is 10.6 Å². The van der Waals surface area contributed by atoms with Gasteiger partial charge in [0.1, 0.15) is 12.1 Å². The van der Waals surface area contributed by atoms with Crippen LogP contribution in [0.4, 0.5) is 0 Å². The first-order chi connectivity index (χ1) is 7.42. The zero-order valence-corrected chi connectivity index (χ0v) is 10.4. The van der Waals surface area contributed by atoms with E-state index in [-0.39, 0.29) is 17.4 Å². The topological polar surface area (TPSA) is 95.5 Å². The summed E-state index contributed by atoms with van der Waals surface area (Å²) in [7, 11) is 0. The largest absolute Gasteiger partial charge is 0.480 e. The van der Waals surface area contributed by atoms with Crippen molar-refractivity contribution in [3.8, 4) is 0 Å². The Morgan fingerprint density at radius 2 is 1.62 bits per heavy atom. The molecule has 0 aromatic heterocycles. The molecular weight excluding hydrogens is 252 g/mol. The van der Waals surface area contributed by atoms with Gasteiger partial charge >= 0.3 is 5.97 Å². The van der Waals surface area contributed by atoms with E-state index in [1.807, 2.05) is 0 Å². The van der Waals surface area contributed by atoms with Gasteiger partial charge in [-0.25, -0.2) is 4.79 Å². The molecule has 0 radical (unpaired) electrons. The first-order valence-corrected chi connectivity index (χ1v) is 5.70. The van der Waals surface area contributed by atoms with Crippen LogP contribution in [0.15, 0.2) is 0 Å². The first-order valence-electron chi connectivity index (χ1n) is 4.44. The fraction of sp³-hybridized carbons (Fsp3) is 0.625. The minimum absolute atomic E-state index is 0.0273. The van der Waals surface area contributed by atoms with Gasteiger partial charge in [-0.3, -0.25) is 9.59 Å². The maximum atomic E-state index is 11.5. The van der Waals surface area contributed by atoms with Gasteiger partial charge in [0.15, 0.2) is 0 Å². The highest BCUT2D eigenvalue weighted by Crippen LogP contribution is 1.93. The summed E-state index contributed by atoms with van der Waals surface area (Å²) < 4.78 is 0. The average Bonchev–Trinajstić information content (AvgIpc) is 2.21. The van der Waals surface area contributed by atoms with Crippen LogP contribution in [0.1, 0.15) is 6.92 Å². The fourth-order valence-corrected chi connectivity index (χ4v) is 1.40. The second-order valence-electron chi connectivity index (χ2n) is 3.02. The number of amides is 2. The van der Waals surface area contributed by atoms with Gasteiger partial charge in [-0.1, -0.05) is 0 Å². The Balaban J connectivity index is 4.40. The summed E-state index contributed by atoms with van der Waals surface area (Å²) in [6.07, 6.45) is 0. The second-order valence-corrected chi connectivity index (χ2v) is 3.75. The number of nitrogens with one attached hydrogen (secondary N) is 2. The number of carbonyl (C=O) groups excluding carboxylic acids is 2. The molecule has 6 nitrogen and oxygen atoms in total. The molecule has 0 aromatic carbocycles. The van der Waals surface area contributed by atoms with Gasteiger partial charge in [-0.15, -0.1) is 0 Å². The molecule has 16 heavy (non-hydrogen) atoms. The van der Waals surface area contributed by atoms with Crippen molar-refractivity contribution in [2.45, 2.75) is 19.0 Å². The van der Waals surface area contributed by atoms with Crippen LogP contribution in [0.2, 0.25) is 0 Å². The van der Waals surface area contributed by atoms with Gasteiger partial charge in [0.25, 0.3) is 0 Å². The molecule has 0 heterocycles. The van der Waals surface area contributed by atoms with Crippen molar-refractivity contribution < 1.29 is 19.5 Å². The second kappa shape index (κ2) is 7.39. The van der Waals surface area contributed by atoms with E-state index in [1.54, 1.807) is 0 Å². The number of rotatable bonds is 6. The predicted octanol–water partition coefficient (Wildman–Crippen LogP) is -1.08. The summed E-state index contributed by atoms with van der Waals surface area (Å²) in [6, 6.07) is -1.92. The Hall–Kier alpha value is -0.890. The van der Waals surface area contributed by atoms with Gasteiger partial charge in [-0.2, -0.15) is 25.3 Å². The Labute approximate surface area is 104 Å². The Bertz CT molecular complexity index is 285. The summed E-state index contributed by atoms with van der Waals surface area (Å²) >= 11 is 7.69.